The molecule has 1 heterocycles. The Balaban J connectivity index is 0.000000268. The second kappa shape index (κ2) is 7.78. The number of carbonyl (C=O) groups is 1. The summed E-state index contributed by atoms with van der Waals surface area (Å²) in [7, 11) is 0. The van der Waals surface area contributed by atoms with Gasteiger partial charge in [-0.05, 0) is 81.8 Å². The standard InChI is InChI=1S/C14H18ClNO.C5H10O/c1-10-3-4-12(15)9-13(10)14(11(2)17)5-7-16-8-6-14;1-4-2-5(6)3-4/h3-4,9,16H,5-8H2,1-2H3;4-6H,2-3H2,1H3. The quantitative estimate of drug-likeness (QED) is 0.866. The van der Waals surface area contributed by atoms with Gasteiger partial charge < -0.3 is 10.4 Å². The molecule has 0 unspecified atom stereocenters. The highest BCUT2D eigenvalue weighted by Gasteiger charge is 2.39. The first-order chi connectivity index (χ1) is 10.8. The van der Waals surface area contributed by atoms with E-state index in [1.807, 2.05) is 18.2 Å². The van der Waals surface area contributed by atoms with E-state index in [4.69, 9.17) is 16.7 Å². The van der Waals surface area contributed by atoms with Gasteiger partial charge in [-0.25, -0.2) is 0 Å². The molecule has 2 aliphatic rings. The lowest BCUT2D eigenvalue weighted by Gasteiger charge is -2.37. The van der Waals surface area contributed by atoms with Crippen LogP contribution >= 0.6 is 11.6 Å². The molecule has 0 aromatic heterocycles. The fourth-order valence-electron chi connectivity index (χ4n) is 3.63. The Morgan fingerprint density at radius 1 is 1.30 bits per heavy atom. The molecule has 2 N–H and O–H groups in total. The number of aliphatic hydroxyl groups is 1. The Morgan fingerprint density at radius 3 is 2.35 bits per heavy atom. The number of piperidine rings is 1. The summed E-state index contributed by atoms with van der Waals surface area (Å²) in [5.41, 5.74) is 1.94. The first-order valence-corrected chi connectivity index (χ1v) is 8.89. The van der Waals surface area contributed by atoms with E-state index < -0.39 is 0 Å². The number of aliphatic hydroxyl groups excluding tert-OH is 1. The number of nitrogens with one attached hydrogen (secondary N) is 1. The first-order valence-electron chi connectivity index (χ1n) is 8.51. The average molecular weight is 338 g/mol. The normalized spacial score (nSPS) is 25.8. The van der Waals surface area contributed by atoms with Gasteiger partial charge in [-0.3, -0.25) is 4.79 Å². The van der Waals surface area contributed by atoms with Crippen LogP contribution < -0.4 is 5.32 Å². The van der Waals surface area contributed by atoms with E-state index in [0.717, 1.165) is 55.8 Å². The zero-order chi connectivity index (χ0) is 17.0. The van der Waals surface area contributed by atoms with Gasteiger partial charge in [0.25, 0.3) is 0 Å². The molecular formula is C19H28ClNO2. The van der Waals surface area contributed by atoms with Crippen LogP contribution in [-0.2, 0) is 10.2 Å². The van der Waals surface area contributed by atoms with Crippen LogP contribution in [-0.4, -0.2) is 30.1 Å². The zero-order valence-electron chi connectivity index (χ0n) is 14.4. The van der Waals surface area contributed by atoms with E-state index in [9.17, 15) is 4.79 Å². The van der Waals surface area contributed by atoms with Crippen molar-refractivity contribution in [2.24, 2.45) is 5.92 Å². The fraction of sp³-hybridized carbons (Fsp3) is 0.632. The third-order valence-corrected chi connectivity index (χ3v) is 5.43. The first kappa shape index (κ1) is 18.4. The van der Waals surface area contributed by atoms with Crippen molar-refractivity contribution in [1.82, 2.24) is 5.32 Å². The van der Waals surface area contributed by atoms with Gasteiger partial charge in [0.2, 0.25) is 0 Å². The fourth-order valence-corrected chi connectivity index (χ4v) is 3.81. The Kier molecular flexibility index (Phi) is 6.24. The highest BCUT2D eigenvalue weighted by Crippen LogP contribution is 2.37. The number of rotatable bonds is 2. The van der Waals surface area contributed by atoms with Crippen LogP contribution in [0, 0.1) is 12.8 Å². The maximum absolute atomic E-state index is 12.1. The largest absolute Gasteiger partial charge is 0.393 e. The Morgan fingerprint density at radius 2 is 1.91 bits per heavy atom. The van der Waals surface area contributed by atoms with Crippen molar-refractivity contribution in [1.29, 1.82) is 0 Å². The number of benzene rings is 1. The smallest absolute Gasteiger partial charge is 0.140 e. The summed E-state index contributed by atoms with van der Waals surface area (Å²) >= 11 is 6.08. The molecule has 0 spiro atoms. The lowest BCUT2D eigenvalue weighted by Crippen LogP contribution is -2.45. The summed E-state index contributed by atoms with van der Waals surface area (Å²) in [5.74, 6) is 1.05. The molecule has 0 bridgehead atoms. The molecule has 2 fully saturated rings. The number of ketones is 1. The van der Waals surface area contributed by atoms with E-state index in [1.54, 1.807) is 6.92 Å². The van der Waals surface area contributed by atoms with Crippen molar-refractivity contribution in [2.45, 2.75) is 58.0 Å². The minimum Gasteiger partial charge on any atom is -0.393 e. The van der Waals surface area contributed by atoms with Crippen LogP contribution in [0.5, 0.6) is 0 Å². The van der Waals surface area contributed by atoms with E-state index in [2.05, 4.69) is 19.2 Å². The van der Waals surface area contributed by atoms with Crippen LogP contribution in [0.3, 0.4) is 0 Å². The van der Waals surface area contributed by atoms with Crippen molar-refractivity contribution in [3.05, 3.63) is 34.3 Å². The molecule has 1 aromatic carbocycles. The molecule has 4 heteroatoms. The number of carbonyl (C=O) groups excluding carboxylic acids is 1. The minimum absolute atomic E-state index is 0.0417. The van der Waals surface area contributed by atoms with Gasteiger partial charge in [0.15, 0.2) is 0 Å². The maximum Gasteiger partial charge on any atom is 0.140 e. The van der Waals surface area contributed by atoms with E-state index in [0.29, 0.717) is 5.02 Å². The van der Waals surface area contributed by atoms with Crippen molar-refractivity contribution >= 4 is 17.4 Å². The second-order valence-electron chi connectivity index (χ2n) is 7.08. The highest BCUT2D eigenvalue weighted by molar-refractivity contribution is 6.30. The molecule has 23 heavy (non-hydrogen) atoms. The SMILES string of the molecule is CC(=O)C1(c2cc(Cl)ccc2C)CCNCC1.CC1CC(O)C1. The van der Waals surface area contributed by atoms with Crippen LogP contribution in [0.25, 0.3) is 0 Å². The number of Topliss-reactive ketones (excluding diaryl/α,β-unsaturated/α-hetero) is 1. The molecule has 3 nitrogen and oxygen atoms in total. The van der Waals surface area contributed by atoms with E-state index in [-0.39, 0.29) is 17.3 Å². The predicted octanol–water partition coefficient (Wildman–Crippen LogP) is 3.64. The van der Waals surface area contributed by atoms with Gasteiger partial charge in [0.1, 0.15) is 5.78 Å². The minimum atomic E-state index is -0.333. The molecule has 1 saturated carbocycles. The number of hydrogen-bond acceptors (Lipinski definition) is 3. The number of halogens is 1. The number of hydrogen-bond donors (Lipinski definition) is 2. The molecule has 0 atom stereocenters. The second-order valence-corrected chi connectivity index (χ2v) is 7.51. The molecular weight excluding hydrogens is 310 g/mol. The van der Waals surface area contributed by atoms with Gasteiger partial charge in [0, 0.05) is 5.02 Å². The van der Waals surface area contributed by atoms with Gasteiger partial charge in [0.05, 0.1) is 11.5 Å². The number of aryl methyl sites for hydroxylation is 1. The molecule has 0 radical (unpaired) electrons. The maximum atomic E-state index is 12.1. The molecule has 1 saturated heterocycles. The van der Waals surface area contributed by atoms with Crippen molar-refractivity contribution in [3.8, 4) is 0 Å². The highest BCUT2D eigenvalue weighted by atomic mass is 35.5. The van der Waals surface area contributed by atoms with E-state index >= 15 is 0 Å². The third-order valence-electron chi connectivity index (χ3n) is 5.20. The van der Waals surface area contributed by atoms with E-state index in [1.165, 1.54) is 0 Å². The summed E-state index contributed by atoms with van der Waals surface area (Å²) in [6.07, 6.45) is 3.83. The van der Waals surface area contributed by atoms with Gasteiger partial charge in [-0.1, -0.05) is 24.6 Å². The van der Waals surface area contributed by atoms with Crippen molar-refractivity contribution in [3.63, 3.8) is 0 Å². The molecule has 128 valence electrons. The van der Waals surface area contributed by atoms with Gasteiger partial charge >= 0.3 is 0 Å². The lowest BCUT2D eigenvalue weighted by molar-refractivity contribution is -0.123. The molecule has 1 aliphatic heterocycles. The topological polar surface area (TPSA) is 49.3 Å². The third kappa shape index (κ3) is 4.34. The summed E-state index contributed by atoms with van der Waals surface area (Å²) in [6, 6.07) is 5.85. The molecule has 1 aromatic rings. The van der Waals surface area contributed by atoms with Gasteiger partial charge in [-0.15, -0.1) is 0 Å². The summed E-state index contributed by atoms with van der Waals surface area (Å²) in [5, 5.41) is 12.6. The lowest BCUT2D eigenvalue weighted by atomic mass is 9.69. The monoisotopic (exact) mass is 337 g/mol. The van der Waals surface area contributed by atoms with Crippen molar-refractivity contribution in [2.75, 3.05) is 13.1 Å². The summed E-state index contributed by atoms with van der Waals surface area (Å²) < 4.78 is 0. The Hall–Kier alpha value is -0.900. The van der Waals surface area contributed by atoms with Crippen LogP contribution in [0.1, 0.15) is 50.7 Å². The molecule has 0 amide bonds. The molecule has 1 aliphatic carbocycles. The van der Waals surface area contributed by atoms with Crippen LogP contribution in [0.15, 0.2) is 18.2 Å². The molecule has 3 rings (SSSR count). The van der Waals surface area contributed by atoms with Crippen LogP contribution in [0.2, 0.25) is 5.02 Å². The zero-order valence-corrected chi connectivity index (χ0v) is 15.1. The summed E-state index contributed by atoms with van der Waals surface area (Å²) in [6.45, 7) is 7.70. The summed E-state index contributed by atoms with van der Waals surface area (Å²) in [4.78, 5) is 12.1. The predicted molar refractivity (Wildman–Crippen MR) is 95.1 cm³/mol. The average Bonchev–Trinajstić information content (AvgIpc) is 2.50. The Bertz CT molecular complexity index is 540. The van der Waals surface area contributed by atoms with Gasteiger partial charge in [-0.2, -0.15) is 0 Å². The van der Waals surface area contributed by atoms with Crippen LogP contribution in [0.4, 0.5) is 0 Å². The Labute approximate surface area is 144 Å². The van der Waals surface area contributed by atoms with Crippen molar-refractivity contribution < 1.29 is 9.90 Å².